The van der Waals surface area contributed by atoms with Crippen LogP contribution in [-0.2, 0) is 0 Å². The molecule has 1 N–H and O–H groups in total. The predicted molar refractivity (Wildman–Crippen MR) is 97.0 cm³/mol. The van der Waals surface area contributed by atoms with Gasteiger partial charge in [0.25, 0.3) is 0 Å². The lowest BCUT2D eigenvalue weighted by molar-refractivity contribution is 0.312. The van der Waals surface area contributed by atoms with Crippen molar-refractivity contribution in [1.82, 2.24) is 19.9 Å². The lowest BCUT2D eigenvalue weighted by Gasteiger charge is -2.33. The molecule has 3 heterocycles. The van der Waals surface area contributed by atoms with E-state index in [0.717, 1.165) is 54.6 Å². The Morgan fingerprint density at radius 2 is 1.71 bits per heavy atom. The second-order valence-electron chi connectivity index (χ2n) is 6.20. The second kappa shape index (κ2) is 6.45. The number of aromatic nitrogens is 3. The van der Waals surface area contributed by atoms with E-state index in [1.54, 1.807) is 0 Å². The molecule has 1 aliphatic heterocycles. The number of pyridine rings is 1. The van der Waals surface area contributed by atoms with Crippen LogP contribution in [0.1, 0.15) is 0 Å². The van der Waals surface area contributed by atoms with Crippen LogP contribution in [0, 0.1) is 0 Å². The zero-order valence-corrected chi connectivity index (χ0v) is 13.8. The summed E-state index contributed by atoms with van der Waals surface area (Å²) >= 11 is 0. The summed E-state index contributed by atoms with van der Waals surface area (Å²) in [5, 5.41) is 0. The van der Waals surface area contributed by atoms with Crippen molar-refractivity contribution < 1.29 is 0 Å². The Morgan fingerprint density at radius 1 is 0.917 bits per heavy atom. The number of hydrogen-bond acceptors (Lipinski definition) is 4. The molecule has 122 valence electrons. The van der Waals surface area contributed by atoms with Crippen molar-refractivity contribution in [3.63, 3.8) is 0 Å². The van der Waals surface area contributed by atoms with Crippen LogP contribution in [0.3, 0.4) is 0 Å². The average molecular weight is 319 g/mol. The van der Waals surface area contributed by atoms with Gasteiger partial charge in [0.05, 0.1) is 5.69 Å². The highest BCUT2D eigenvalue weighted by atomic mass is 15.3. The summed E-state index contributed by atoms with van der Waals surface area (Å²) in [4.78, 5) is 17.3. The maximum Gasteiger partial charge on any atom is 0.139 e. The summed E-state index contributed by atoms with van der Waals surface area (Å²) in [5.41, 5.74) is 3.07. The molecular formula is C19H21N5. The van der Waals surface area contributed by atoms with E-state index in [9.17, 15) is 0 Å². The minimum atomic E-state index is 0.853. The highest BCUT2D eigenvalue weighted by Gasteiger charge is 2.15. The average Bonchev–Trinajstić information content (AvgIpc) is 3.13. The largest absolute Gasteiger partial charge is 0.354 e. The quantitative estimate of drug-likeness (QED) is 0.806. The number of likely N-dealkylation sites (N-methyl/N-ethyl adjacent to an activating group) is 1. The van der Waals surface area contributed by atoms with Crippen molar-refractivity contribution in [2.75, 3.05) is 38.1 Å². The topological polar surface area (TPSA) is 48.0 Å². The first kappa shape index (κ1) is 14.9. The van der Waals surface area contributed by atoms with E-state index in [-0.39, 0.29) is 0 Å². The van der Waals surface area contributed by atoms with Gasteiger partial charge in [-0.15, -0.1) is 0 Å². The molecule has 1 saturated heterocycles. The van der Waals surface area contributed by atoms with Crippen molar-refractivity contribution >= 4 is 5.82 Å². The van der Waals surface area contributed by atoms with Crippen molar-refractivity contribution in [2.45, 2.75) is 0 Å². The van der Waals surface area contributed by atoms with Gasteiger partial charge in [-0.25, -0.2) is 9.97 Å². The molecule has 0 amide bonds. The molecule has 4 rings (SSSR count). The van der Waals surface area contributed by atoms with Crippen LogP contribution in [0.2, 0.25) is 0 Å². The van der Waals surface area contributed by atoms with Crippen LogP contribution in [0.5, 0.6) is 0 Å². The standard InChI is InChI=1S/C19H21N5/c1-23-9-11-24(12-10-23)18-8-7-16(13-20-18)19-21-14-17(22-19)15-5-3-2-4-6-15/h2-8,13-14H,9-12H2,1H3,(H,21,22). The molecule has 0 unspecified atom stereocenters. The van der Waals surface area contributed by atoms with E-state index in [2.05, 4.69) is 56.1 Å². The van der Waals surface area contributed by atoms with Crippen LogP contribution in [0.25, 0.3) is 22.6 Å². The van der Waals surface area contributed by atoms with Gasteiger partial charge >= 0.3 is 0 Å². The Labute approximate surface area is 142 Å². The number of benzene rings is 1. The van der Waals surface area contributed by atoms with E-state index in [4.69, 9.17) is 0 Å². The van der Waals surface area contributed by atoms with Crippen molar-refractivity contribution in [2.24, 2.45) is 0 Å². The van der Waals surface area contributed by atoms with Crippen molar-refractivity contribution in [1.29, 1.82) is 0 Å². The fraction of sp³-hybridized carbons (Fsp3) is 0.263. The molecule has 0 radical (unpaired) electrons. The van der Waals surface area contributed by atoms with E-state index < -0.39 is 0 Å². The van der Waals surface area contributed by atoms with Crippen LogP contribution in [-0.4, -0.2) is 53.1 Å². The molecule has 24 heavy (non-hydrogen) atoms. The molecule has 1 aromatic carbocycles. The number of H-pyrrole nitrogens is 1. The summed E-state index contributed by atoms with van der Waals surface area (Å²) in [5.74, 6) is 1.90. The molecule has 0 bridgehead atoms. The summed E-state index contributed by atoms with van der Waals surface area (Å²) in [6.45, 7) is 4.23. The van der Waals surface area contributed by atoms with E-state index in [1.807, 2.05) is 30.6 Å². The number of hydrogen-bond donors (Lipinski definition) is 1. The Balaban J connectivity index is 1.52. The number of imidazole rings is 1. The van der Waals surface area contributed by atoms with Crippen molar-refractivity contribution in [3.05, 3.63) is 54.9 Å². The highest BCUT2D eigenvalue weighted by Crippen LogP contribution is 2.23. The van der Waals surface area contributed by atoms with Crippen LogP contribution in [0.15, 0.2) is 54.9 Å². The predicted octanol–water partition coefficient (Wildman–Crippen LogP) is 2.89. The Bertz CT molecular complexity index is 786. The Hall–Kier alpha value is -2.66. The van der Waals surface area contributed by atoms with Gasteiger partial charge < -0.3 is 14.8 Å². The van der Waals surface area contributed by atoms with E-state index in [0.29, 0.717) is 0 Å². The first-order valence-corrected chi connectivity index (χ1v) is 8.30. The first-order chi connectivity index (χ1) is 11.8. The van der Waals surface area contributed by atoms with Crippen LogP contribution < -0.4 is 4.90 Å². The monoisotopic (exact) mass is 319 g/mol. The smallest absolute Gasteiger partial charge is 0.139 e. The third kappa shape index (κ3) is 3.03. The third-order valence-corrected chi connectivity index (χ3v) is 4.50. The molecule has 1 fully saturated rings. The zero-order chi connectivity index (χ0) is 16.4. The van der Waals surface area contributed by atoms with E-state index in [1.165, 1.54) is 0 Å². The summed E-state index contributed by atoms with van der Waals surface area (Å²) in [6, 6.07) is 14.4. The van der Waals surface area contributed by atoms with Gasteiger partial charge in [-0.3, -0.25) is 0 Å². The normalized spacial score (nSPS) is 15.6. The van der Waals surface area contributed by atoms with Crippen LogP contribution in [0.4, 0.5) is 5.82 Å². The number of rotatable bonds is 3. The molecular weight excluding hydrogens is 298 g/mol. The minimum Gasteiger partial charge on any atom is -0.354 e. The lowest BCUT2D eigenvalue weighted by atomic mass is 10.2. The van der Waals surface area contributed by atoms with Gasteiger partial charge in [-0.05, 0) is 19.2 Å². The fourth-order valence-electron chi connectivity index (χ4n) is 2.98. The number of nitrogens with zero attached hydrogens (tertiary/aromatic N) is 4. The van der Waals surface area contributed by atoms with Gasteiger partial charge in [0.1, 0.15) is 11.6 Å². The molecule has 1 aliphatic rings. The maximum absolute atomic E-state index is 4.69. The molecule has 3 aromatic rings. The molecule has 0 saturated carbocycles. The zero-order valence-electron chi connectivity index (χ0n) is 13.8. The molecule has 0 spiro atoms. The molecule has 2 aromatic heterocycles. The number of nitrogens with one attached hydrogen (secondary N) is 1. The summed E-state index contributed by atoms with van der Waals surface area (Å²) in [6.07, 6.45) is 3.85. The highest BCUT2D eigenvalue weighted by molar-refractivity contribution is 5.64. The van der Waals surface area contributed by atoms with Gasteiger partial charge in [-0.1, -0.05) is 30.3 Å². The van der Waals surface area contributed by atoms with Gasteiger partial charge in [0.15, 0.2) is 0 Å². The third-order valence-electron chi connectivity index (χ3n) is 4.50. The molecule has 0 aliphatic carbocycles. The van der Waals surface area contributed by atoms with Gasteiger partial charge in [0.2, 0.25) is 0 Å². The summed E-state index contributed by atoms with van der Waals surface area (Å²) < 4.78 is 0. The molecule has 5 heteroatoms. The van der Waals surface area contributed by atoms with Gasteiger partial charge in [-0.2, -0.15) is 0 Å². The Kier molecular flexibility index (Phi) is 4.01. The second-order valence-corrected chi connectivity index (χ2v) is 6.20. The van der Waals surface area contributed by atoms with Crippen molar-refractivity contribution in [3.8, 4) is 22.6 Å². The number of piperazine rings is 1. The van der Waals surface area contributed by atoms with Gasteiger partial charge in [0, 0.05) is 49.7 Å². The molecule has 5 nitrogen and oxygen atoms in total. The first-order valence-electron chi connectivity index (χ1n) is 8.30. The minimum absolute atomic E-state index is 0.853. The number of anilines is 1. The van der Waals surface area contributed by atoms with Crippen LogP contribution >= 0.6 is 0 Å². The summed E-state index contributed by atoms with van der Waals surface area (Å²) in [7, 11) is 2.16. The fourth-order valence-corrected chi connectivity index (χ4v) is 2.98. The number of aromatic amines is 1. The maximum atomic E-state index is 4.69. The lowest BCUT2D eigenvalue weighted by Crippen LogP contribution is -2.44. The Morgan fingerprint density at radius 3 is 2.42 bits per heavy atom. The SMILES string of the molecule is CN1CCN(c2ccc(-c3nc(-c4ccccc4)c[nH]3)cn2)CC1. The molecule has 0 atom stereocenters. The van der Waals surface area contributed by atoms with E-state index >= 15 is 0 Å².